The van der Waals surface area contributed by atoms with Gasteiger partial charge in [-0.1, -0.05) is 62.4 Å². The van der Waals surface area contributed by atoms with Gasteiger partial charge in [-0.05, 0) is 55.8 Å². The summed E-state index contributed by atoms with van der Waals surface area (Å²) < 4.78 is 0. The number of hydrogen-bond donors (Lipinski definition) is 12. The van der Waals surface area contributed by atoms with Crippen LogP contribution in [0.3, 0.4) is 0 Å². The van der Waals surface area contributed by atoms with Crippen LogP contribution in [0.5, 0.6) is 0 Å². The molecule has 4 aromatic rings. The number of rotatable bonds is 25. The number of aliphatic hydroxyl groups excluding tert-OH is 1. The molecule has 2 heterocycles. The highest BCUT2D eigenvalue weighted by molar-refractivity contribution is 5.97. The summed E-state index contributed by atoms with van der Waals surface area (Å²) in [6.07, 6.45) is 4.05. The maximum atomic E-state index is 14.2. The number of nitrogens with two attached hydrogens (primary N) is 2. The third kappa shape index (κ3) is 15.0. The topological polar surface area (TPSA) is 329 Å². The largest absolute Gasteiger partial charge is 0.480 e. The Morgan fingerprint density at radius 1 is 0.714 bits per heavy atom. The second kappa shape index (κ2) is 24.1. The Hall–Kier alpha value is -6.64. The Bertz CT molecular complexity index is 2140. The van der Waals surface area contributed by atoms with Crippen LogP contribution >= 0.6 is 0 Å². The minimum absolute atomic E-state index is 0.0395. The van der Waals surface area contributed by atoms with E-state index in [1.54, 1.807) is 50.4 Å². The van der Waals surface area contributed by atoms with E-state index in [4.69, 9.17) is 11.5 Å². The van der Waals surface area contributed by atoms with Crippen LogP contribution in [0, 0.1) is 5.92 Å². The van der Waals surface area contributed by atoms with Crippen molar-refractivity contribution < 1.29 is 43.8 Å². The lowest BCUT2D eigenvalue weighted by atomic mass is 10.0. The van der Waals surface area contributed by atoms with Crippen LogP contribution in [0.4, 0.5) is 0 Å². The molecule has 0 fully saturated rings. The number of para-hydroxylation sites is 1. The molecule has 7 unspecified atom stereocenters. The van der Waals surface area contributed by atoms with Crippen molar-refractivity contribution in [2.24, 2.45) is 17.4 Å². The summed E-state index contributed by atoms with van der Waals surface area (Å²) in [4.78, 5) is 103. The van der Waals surface area contributed by atoms with Crippen LogP contribution in [0.25, 0.3) is 10.9 Å². The highest BCUT2D eigenvalue weighted by atomic mass is 16.4. The Morgan fingerprint density at radius 3 is 1.97 bits per heavy atom. The predicted molar refractivity (Wildman–Crippen MR) is 232 cm³/mol. The summed E-state index contributed by atoms with van der Waals surface area (Å²) >= 11 is 0. The number of carboxylic acid groups (broad SMARTS) is 1. The summed E-state index contributed by atoms with van der Waals surface area (Å²) in [6, 6.07) is 8.46. The van der Waals surface area contributed by atoms with Crippen molar-refractivity contribution in [2.45, 2.75) is 102 Å². The molecule has 20 heteroatoms. The molecule has 20 nitrogen and oxygen atoms in total. The molecule has 63 heavy (non-hydrogen) atoms. The minimum Gasteiger partial charge on any atom is -0.480 e. The number of imidazole rings is 1. The third-order valence-electron chi connectivity index (χ3n) is 10.3. The van der Waals surface area contributed by atoms with Crippen LogP contribution in [0.2, 0.25) is 0 Å². The lowest BCUT2D eigenvalue weighted by Crippen LogP contribution is -2.60. The van der Waals surface area contributed by atoms with Crippen LogP contribution in [-0.4, -0.2) is 122 Å². The van der Waals surface area contributed by atoms with Gasteiger partial charge in [0.15, 0.2) is 0 Å². The van der Waals surface area contributed by atoms with Crippen molar-refractivity contribution in [3.8, 4) is 0 Å². The van der Waals surface area contributed by atoms with E-state index in [1.165, 1.54) is 19.4 Å². The predicted octanol–water partition coefficient (Wildman–Crippen LogP) is -0.963. The number of benzene rings is 2. The van der Waals surface area contributed by atoms with Crippen molar-refractivity contribution in [3.05, 3.63) is 90.1 Å². The Kier molecular flexibility index (Phi) is 18.8. The smallest absolute Gasteiger partial charge is 0.326 e. The first kappa shape index (κ1) is 49.0. The number of aliphatic hydroxyl groups is 1. The van der Waals surface area contributed by atoms with E-state index in [2.05, 4.69) is 46.9 Å². The van der Waals surface area contributed by atoms with Gasteiger partial charge in [-0.3, -0.25) is 28.8 Å². The normalized spacial score (nSPS) is 14.6. The van der Waals surface area contributed by atoms with Crippen LogP contribution < -0.4 is 43.4 Å². The number of fused-ring (bicyclic) bond motifs is 1. The highest BCUT2D eigenvalue weighted by Gasteiger charge is 2.33. The molecule has 4 rings (SSSR count). The standard InChI is InChI=1S/C43H59N11O9/c1-24(2)36(45)41(60)53-34(19-28-21-46-23-49-28)40(59)54-37(25(3)55)42(61)48-22-35(56)50-32(17-26-11-5-4-6-12-26)38(57)52-33(18-27-20-47-30-14-8-7-13-29(27)30)39(58)51-31(43(62)63)15-9-10-16-44/h4-8,11-14,20-21,23-25,31-34,36-37,47,55H,9-10,15-19,22,44-45H2,1-3H3,(H,46,49)(H,48,61)(H,50,56)(H,51,58)(H,52,57)(H,53,60)(H,54,59)(H,62,63). The van der Waals surface area contributed by atoms with E-state index < -0.39 is 90.3 Å². The SMILES string of the molecule is CC(C)C(N)C(=O)NC(Cc1cnc[nH]1)C(=O)NC(C(=O)NCC(=O)NC(Cc1ccccc1)C(=O)NC(Cc1c[nH]c2ccccc12)C(=O)NC(CCCCN)C(=O)O)C(C)O. The summed E-state index contributed by atoms with van der Waals surface area (Å²) in [6.45, 7) is 4.38. The first-order valence-corrected chi connectivity index (χ1v) is 20.8. The number of nitrogens with one attached hydrogen (secondary N) is 8. The van der Waals surface area contributed by atoms with Gasteiger partial charge < -0.3 is 63.5 Å². The quantitative estimate of drug-likeness (QED) is 0.0359. The monoisotopic (exact) mass is 873 g/mol. The van der Waals surface area contributed by atoms with Crippen LogP contribution in [-0.2, 0) is 52.8 Å². The maximum Gasteiger partial charge on any atom is 0.326 e. The Morgan fingerprint density at radius 2 is 1.33 bits per heavy atom. The van der Waals surface area contributed by atoms with Gasteiger partial charge >= 0.3 is 5.97 Å². The number of nitrogens with zero attached hydrogens (tertiary/aromatic N) is 1. The molecule has 2 aromatic carbocycles. The summed E-state index contributed by atoms with van der Waals surface area (Å²) in [5.41, 5.74) is 14.2. The molecule has 0 aliphatic rings. The van der Waals surface area contributed by atoms with Crippen molar-refractivity contribution in [1.82, 2.24) is 46.9 Å². The van der Waals surface area contributed by atoms with E-state index in [-0.39, 0.29) is 31.6 Å². The van der Waals surface area contributed by atoms with E-state index >= 15 is 0 Å². The fraction of sp³-hybridized carbons (Fsp3) is 0.442. The molecule has 0 bridgehead atoms. The highest BCUT2D eigenvalue weighted by Crippen LogP contribution is 2.20. The summed E-state index contributed by atoms with van der Waals surface area (Å²) in [7, 11) is 0. The van der Waals surface area contributed by atoms with E-state index in [9.17, 15) is 43.8 Å². The number of aliphatic carboxylic acids is 1. The second-order valence-electron chi connectivity index (χ2n) is 15.7. The minimum atomic E-state index is -1.58. The molecule has 0 saturated carbocycles. The Balaban J connectivity index is 1.50. The number of H-pyrrole nitrogens is 2. The van der Waals surface area contributed by atoms with Gasteiger partial charge in [0.1, 0.15) is 30.2 Å². The number of carbonyl (C=O) groups is 7. The number of carbonyl (C=O) groups excluding carboxylic acids is 6. The fourth-order valence-corrected chi connectivity index (χ4v) is 6.66. The van der Waals surface area contributed by atoms with Crippen LogP contribution in [0.1, 0.15) is 56.9 Å². The van der Waals surface area contributed by atoms with Crippen molar-refractivity contribution >= 4 is 52.3 Å². The van der Waals surface area contributed by atoms with Crippen molar-refractivity contribution in [3.63, 3.8) is 0 Å². The molecular formula is C43H59N11O9. The van der Waals surface area contributed by atoms with Gasteiger partial charge in [0.2, 0.25) is 35.4 Å². The molecule has 7 atom stereocenters. The van der Waals surface area contributed by atoms with Gasteiger partial charge in [-0.2, -0.15) is 0 Å². The molecule has 340 valence electrons. The molecule has 0 aliphatic carbocycles. The molecule has 0 aliphatic heterocycles. The fourth-order valence-electron chi connectivity index (χ4n) is 6.66. The number of aromatic nitrogens is 3. The number of aromatic amines is 2. The lowest BCUT2D eigenvalue weighted by Gasteiger charge is -2.26. The number of unbranched alkanes of at least 4 members (excludes halogenated alkanes) is 1. The maximum absolute atomic E-state index is 14.2. The van der Waals surface area contributed by atoms with Crippen molar-refractivity contribution in [2.75, 3.05) is 13.1 Å². The lowest BCUT2D eigenvalue weighted by molar-refractivity contribution is -0.142. The van der Waals surface area contributed by atoms with E-state index in [0.717, 1.165) is 10.9 Å². The zero-order valence-corrected chi connectivity index (χ0v) is 35.6. The van der Waals surface area contributed by atoms with E-state index in [1.807, 2.05) is 24.3 Å². The Labute approximate surface area is 364 Å². The average molecular weight is 874 g/mol. The van der Waals surface area contributed by atoms with Crippen molar-refractivity contribution in [1.29, 1.82) is 0 Å². The zero-order valence-electron chi connectivity index (χ0n) is 35.6. The van der Waals surface area contributed by atoms with Gasteiger partial charge in [-0.25, -0.2) is 9.78 Å². The number of amides is 6. The van der Waals surface area contributed by atoms with Gasteiger partial charge in [-0.15, -0.1) is 0 Å². The zero-order chi connectivity index (χ0) is 46.1. The first-order valence-electron chi connectivity index (χ1n) is 20.8. The molecule has 0 saturated heterocycles. The first-order chi connectivity index (χ1) is 30.1. The molecule has 6 amide bonds. The molecule has 0 radical (unpaired) electrons. The summed E-state index contributed by atoms with van der Waals surface area (Å²) in [5, 5.41) is 36.5. The average Bonchev–Trinajstić information content (AvgIpc) is 3.93. The van der Waals surface area contributed by atoms with Gasteiger partial charge in [0.25, 0.3) is 0 Å². The molecule has 14 N–H and O–H groups in total. The van der Waals surface area contributed by atoms with Crippen LogP contribution in [0.15, 0.2) is 73.3 Å². The molecular weight excluding hydrogens is 815 g/mol. The second-order valence-corrected chi connectivity index (χ2v) is 15.7. The third-order valence-corrected chi connectivity index (χ3v) is 10.3. The van der Waals surface area contributed by atoms with Gasteiger partial charge in [0, 0.05) is 48.3 Å². The molecule has 0 spiro atoms. The van der Waals surface area contributed by atoms with Gasteiger partial charge in [0.05, 0.1) is 25.0 Å². The number of hydrogen-bond acceptors (Lipinski definition) is 11. The number of carboxylic acids is 1. The summed E-state index contributed by atoms with van der Waals surface area (Å²) in [5.74, 6) is -6.24. The molecule has 2 aromatic heterocycles. The van der Waals surface area contributed by atoms with E-state index in [0.29, 0.717) is 36.2 Å².